The fourth-order valence-corrected chi connectivity index (χ4v) is 3.69. The molecular weight excluding hydrogens is 234 g/mol. The van der Waals surface area contributed by atoms with Gasteiger partial charge in [-0.25, -0.2) is 0 Å². The van der Waals surface area contributed by atoms with E-state index in [1.54, 1.807) is 0 Å². The van der Waals surface area contributed by atoms with Crippen molar-refractivity contribution in [3.8, 4) is 0 Å². The summed E-state index contributed by atoms with van der Waals surface area (Å²) >= 11 is 0. The molecule has 0 amide bonds. The Morgan fingerprint density at radius 1 is 1.21 bits per heavy atom. The van der Waals surface area contributed by atoms with Gasteiger partial charge in [-0.15, -0.1) is 0 Å². The van der Waals surface area contributed by atoms with E-state index in [1.807, 2.05) is 6.07 Å². The summed E-state index contributed by atoms with van der Waals surface area (Å²) in [6.07, 6.45) is 4.13. The molecule has 1 aromatic carbocycles. The lowest BCUT2D eigenvalue weighted by Gasteiger charge is -2.48. The van der Waals surface area contributed by atoms with E-state index in [-0.39, 0.29) is 0 Å². The molecule has 0 spiro atoms. The van der Waals surface area contributed by atoms with Gasteiger partial charge >= 0.3 is 0 Å². The summed E-state index contributed by atoms with van der Waals surface area (Å²) < 4.78 is 0. The van der Waals surface area contributed by atoms with Crippen molar-refractivity contribution in [1.82, 2.24) is 4.90 Å². The summed E-state index contributed by atoms with van der Waals surface area (Å²) in [5.41, 5.74) is 9.41. The van der Waals surface area contributed by atoms with Gasteiger partial charge in [0.05, 0.1) is 0 Å². The molecule has 2 fully saturated rings. The molecule has 2 heterocycles. The minimum Gasteiger partial charge on any atom is -0.399 e. The number of nitrogens with two attached hydrogens (primary N) is 1. The summed E-state index contributed by atoms with van der Waals surface area (Å²) in [5.74, 6) is 0. The second-order valence-electron chi connectivity index (χ2n) is 6.19. The number of hydrogen-bond donors (Lipinski definition) is 1. The number of aryl methyl sites for hydroxylation is 1. The lowest BCUT2D eigenvalue weighted by atomic mass is 9.96. The predicted octanol–water partition coefficient (Wildman–Crippen LogP) is 2.64. The molecule has 2 saturated heterocycles. The molecule has 2 unspecified atom stereocenters. The van der Waals surface area contributed by atoms with Gasteiger partial charge in [0.15, 0.2) is 0 Å². The zero-order valence-electron chi connectivity index (χ0n) is 12.1. The highest BCUT2D eigenvalue weighted by molar-refractivity contribution is 5.60. The average Bonchev–Trinajstić information content (AvgIpc) is 2.38. The van der Waals surface area contributed by atoms with E-state index in [4.69, 9.17) is 5.73 Å². The van der Waals surface area contributed by atoms with Crippen LogP contribution in [0.2, 0.25) is 0 Å². The molecule has 0 bridgehead atoms. The van der Waals surface area contributed by atoms with Crippen LogP contribution in [0, 0.1) is 6.92 Å². The smallest absolute Gasteiger partial charge is 0.0400 e. The van der Waals surface area contributed by atoms with Crippen LogP contribution in [-0.2, 0) is 0 Å². The molecule has 0 aromatic heterocycles. The topological polar surface area (TPSA) is 32.5 Å². The minimum absolute atomic E-state index is 0.594. The molecular formula is C16H25N3. The number of rotatable bonds is 1. The first kappa shape index (κ1) is 12.8. The molecule has 0 saturated carbocycles. The monoisotopic (exact) mass is 259 g/mol. The van der Waals surface area contributed by atoms with E-state index in [2.05, 4.69) is 35.8 Å². The first-order valence-electron chi connectivity index (χ1n) is 7.52. The maximum Gasteiger partial charge on any atom is 0.0400 e. The number of piperazine rings is 1. The van der Waals surface area contributed by atoms with Crippen LogP contribution in [0.25, 0.3) is 0 Å². The quantitative estimate of drug-likeness (QED) is 0.787. The van der Waals surface area contributed by atoms with Crippen molar-refractivity contribution in [2.45, 2.75) is 45.2 Å². The summed E-state index contributed by atoms with van der Waals surface area (Å²) in [7, 11) is 0. The Morgan fingerprint density at radius 3 is 2.84 bits per heavy atom. The van der Waals surface area contributed by atoms with E-state index < -0.39 is 0 Å². The Morgan fingerprint density at radius 2 is 2.05 bits per heavy atom. The third kappa shape index (κ3) is 2.44. The fraction of sp³-hybridized carbons (Fsp3) is 0.625. The standard InChI is InChI=1S/C16H25N3/c1-12-9-14(17)6-7-16(12)19-11-15-5-3-4-8-18(15)10-13(19)2/h6-7,9,13,15H,3-5,8,10-11,17H2,1-2H3. The Bertz CT molecular complexity index is 457. The van der Waals surface area contributed by atoms with Crippen molar-refractivity contribution < 1.29 is 0 Å². The summed E-state index contributed by atoms with van der Waals surface area (Å²) in [6, 6.07) is 7.66. The van der Waals surface area contributed by atoms with Crippen LogP contribution in [0.4, 0.5) is 11.4 Å². The third-order valence-corrected chi connectivity index (χ3v) is 4.72. The zero-order valence-corrected chi connectivity index (χ0v) is 12.1. The van der Waals surface area contributed by atoms with Crippen LogP contribution >= 0.6 is 0 Å². The molecule has 0 aliphatic carbocycles. The molecule has 2 aliphatic heterocycles. The molecule has 0 radical (unpaired) electrons. The van der Waals surface area contributed by atoms with Crippen LogP contribution in [0.15, 0.2) is 18.2 Å². The number of benzene rings is 1. The van der Waals surface area contributed by atoms with Gasteiger partial charge in [-0.2, -0.15) is 0 Å². The van der Waals surface area contributed by atoms with Crippen LogP contribution < -0.4 is 10.6 Å². The lowest BCUT2D eigenvalue weighted by Crippen LogP contribution is -2.59. The molecule has 1 aromatic rings. The molecule has 19 heavy (non-hydrogen) atoms. The number of piperidine rings is 1. The van der Waals surface area contributed by atoms with Gasteiger partial charge in [0.1, 0.15) is 0 Å². The largest absolute Gasteiger partial charge is 0.399 e. The van der Waals surface area contributed by atoms with Crippen LogP contribution in [0.3, 0.4) is 0 Å². The fourth-order valence-electron chi connectivity index (χ4n) is 3.69. The van der Waals surface area contributed by atoms with Crippen LogP contribution in [0.1, 0.15) is 31.7 Å². The SMILES string of the molecule is Cc1cc(N)ccc1N1CC2CCCCN2CC1C. The summed E-state index contributed by atoms with van der Waals surface area (Å²) in [5, 5.41) is 0. The lowest BCUT2D eigenvalue weighted by molar-refractivity contribution is 0.115. The Kier molecular flexibility index (Phi) is 3.40. The molecule has 3 heteroatoms. The third-order valence-electron chi connectivity index (χ3n) is 4.72. The van der Waals surface area contributed by atoms with Crippen LogP contribution in [0.5, 0.6) is 0 Å². The minimum atomic E-state index is 0.594. The first-order valence-corrected chi connectivity index (χ1v) is 7.52. The summed E-state index contributed by atoms with van der Waals surface area (Å²) in [4.78, 5) is 5.28. The van der Waals surface area contributed by atoms with Crippen molar-refractivity contribution in [3.63, 3.8) is 0 Å². The molecule has 3 rings (SSSR count). The van der Waals surface area contributed by atoms with Gasteiger partial charge in [0, 0.05) is 36.5 Å². The number of hydrogen-bond acceptors (Lipinski definition) is 3. The van der Waals surface area contributed by atoms with Gasteiger partial charge in [-0.3, -0.25) is 4.90 Å². The number of nitrogens with zero attached hydrogens (tertiary/aromatic N) is 2. The second kappa shape index (κ2) is 5.04. The maximum absolute atomic E-state index is 5.87. The summed E-state index contributed by atoms with van der Waals surface area (Å²) in [6.45, 7) is 8.19. The normalized spacial score (nSPS) is 28.2. The Balaban J connectivity index is 1.83. The van der Waals surface area contributed by atoms with Crippen molar-refractivity contribution in [3.05, 3.63) is 23.8 Å². The number of anilines is 2. The average molecular weight is 259 g/mol. The zero-order chi connectivity index (χ0) is 13.4. The van der Waals surface area contributed by atoms with Gasteiger partial charge in [0.25, 0.3) is 0 Å². The van der Waals surface area contributed by atoms with Crippen LogP contribution in [-0.4, -0.2) is 36.6 Å². The van der Waals surface area contributed by atoms with E-state index >= 15 is 0 Å². The number of fused-ring (bicyclic) bond motifs is 1. The second-order valence-corrected chi connectivity index (χ2v) is 6.19. The van der Waals surface area contributed by atoms with E-state index in [0.717, 1.165) is 11.7 Å². The highest BCUT2D eigenvalue weighted by Crippen LogP contribution is 2.30. The highest BCUT2D eigenvalue weighted by atomic mass is 15.3. The maximum atomic E-state index is 5.87. The van der Waals surface area contributed by atoms with Crippen molar-refractivity contribution in [2.24, 2.45) is 0 Å². The van der Waals surface area contributed by atoms with Gasteiger partial charge in [0.2, 0.25) is 0 Å². The molecule has 104 valence electrons. The number of nitrogen functional groups attached to an aromatic ring is 1. The Labute approximate surface area is 116 Å². The molecule has 2 atom stereocenters. The molecule has 2 N–H and O–H groups in total. The van der Waals surface area contributed by atoms with E-state index in [9.17, 15) is 0 Å². The molecule has 2 aliphatic rings. The van der Waals surface area contributed by atoms with Crippen molar-refractivity contribution in [2.75, 3.05) is 30.3 Å². The van der Waals surface area contributed by atoms with Gasteiger partial charge in [-0.05, 0) is 57.0 Å². The Hall–Kier alpha value is -1.22. The van der Waals surface area contributed by atoms with Crippen molar-refractivity contribution in [1.29, 1.82) is 0 Å². The van der Waals surface area contributed by atoms with E-state index in [1.165, 1.54) is 50.1 Å². The van der Waals surface area contributed by atoms with Gasteiger partial charge < -0.3 is 10.6 Å². The predicted molar refractivity (Wildman–Crippen MR) is 81.6 cm³/mol. The van der Waals surface area contributed by atoms with Crippen molar-refractivity contribution >= 4 is 11.4 Å². The highest BCUT2D eigenvalue weighted by Gasteiger charge is 2.33. The molecule has 3 nitrogen and oxygen atoms in total. The van der Waals surface area contributed by atoms with Gasteiger partial charge in [-0.1, -0.05) is 6.42 Å². The first-order chi connectivity index (χ1) is 9.15. The van der Waals surface area contributed by atoms with E-state index in [0.29, 0.717) is 6.04 Å².